The molecule has 12 nitrogen and oxygen atoms in total. The Balaban J connectivity index is 0.000000349. The first kappa shape index (κ1) is 40.3. The standard InChI is InChI=1S/C23H21FN2O3.C6H14N2O.C4H10N2O2.C2H6/c1-12-14-4-3-5-15-16-10-26-20(22(16)25-19(21(14)15)9-18(12)24)8-13(6-7-27)17(11-29-2)23(26)28;7-4-2-1-3-6(8)5-9;1-6-3-8-2-4(5)7;1-2/h7-9H,3-6,10-11H2,1-2H3;5-6H,1-4,7-8H2;6H,2-3H2,1H3,(H2,5,7);1-2H3. The van der Waals surface area contributed by atoms with Crippen LogP contribution in [-0.4, -0.2) is 68.1 Å². The molecule has 1 aromatic carbocycles. The first-order valence-electron chi connectivity index (χ1n) is 16.4. The zero-order chi connectivity index (χ0) is 35.8. The van der Waals surface area contributed by atoms with Gasteiger partial charge in [0.1, 0.15) is 25.0 Å². The van der Waals surface area contributed by atoms with Crippen molar-refractivity contribution in [1.29, 1.82) is 0 Å². The van der Waals surface area contributed by atoms with Crippen LogP contribution in [0.3, 0.4) is 0 Å². The third-order valence-corrected chi connectivity index (χ3v) is 7.97. The van der Waals surface area contributed by atoms with E-state index in [1.165, 1.54) is 18.7 Å². The van der Waals surface area contributed by atoms with E-state index in [1.54, 1.807) is 11.6 Å². The number of halogens is 1. The number of primary amides is 1. The van der Waals surface area contributed by atoms with Gasteiger partial charge in [0, 0.05) is 36.1 Å². The molecule has 5 rings (SSSR count). The summed E-state index contributed by atoms with van der Waals surface area (Å²) in [6, 6.07) is 3.10. The highest BCUT2D eigenvalue weighted by atomic mass is 19.1. The molecule has 0 saturated carbocycles. The Hall–Kier alpha value is -3.88. The molecule has 2 aromatic heterocycles. The maximum absolute atomic E-state index is 14.5. The fraction of sp³-hybridized carbons (Fsp3) is 0.514. The van der Waals surface area contributed by atoms with Crippen LogP contribution in [0.2, 0.25) is 0 Å². The number of ether oxygens (including phenoxy) is 2. The highest BCUT2D eigenvalue weighted by Gasteiger charge is 2.30. The lowest BCUT2D eigenvalue weighted by Gasteiger charge is -2.21. The molecule has 1 unspecified atom stereocenters. The summed E-state index contributed by atoms with van der Waals surface area (Å²) in [7, 11) is 3.26. The second-order valence-corrected chi connectivity index (χ2v) is 11.3. The topological polar surface area (TPSA) is 195 Å². The lowest BCUT2D eigenvalue weighted by atomic mass is 9.85. The first-order chi connectivity index (χ1) is 23.1. The number of rotatable bonds is 13. The smallest absolute Gasteiger partial charge is 0.257 e. The third kappa shape index (κ3) is 10.1. The van der Waals surface area contributed by atoms with Crippen LogP contribution in [-0.2, 0) is 56.3 Å². The van der Waals surface area contributed by atoms with Gasteiger partial charge in [0.05, 0.1) is 42.8 Å². The van der Waals surface area contributed by atoms with Crippen LogP contribution < -0.4 is 28.1 Å². The zero-order valence-corrected chi connectivity index (χ0v) is 28.8. The number of carbonyl (C=O) groups excluding carboxylic acids is 3. The maximum Gasteiger partial charge on any atom is 0.257 e. The van der Waals surface area contributed by atoms with Crippen molar-refractivity contribution in [2.45, 2.75) is 84.9 Å². The molecule has 3 aromatic rings. The molecule has 13 heteroatoms. The van der Waals surface area contributed by atoms with Crippen molar-refractivity contribution in [3.63, 3.8) is 0 Å². The minimum absolute atomic E-state index is 0.0131. The molecule has 0 fully saturated rings. The number of nitrogens with zero attached hydrogens (tertiary/aromatic N) is 2. The summed E-state index contributed by atoms with van der Waals surface area (Å²) in [5, 5.41) is 3.75. The number of hydrogen-bond acceptors (Lipinski definition) is 10. The number of aryl methyl sites for hydroxylation is 2. The Morgan fingerprint density at radius 2 is 1.88 bits per heavy atom. The van der Waals surface area contributed by atoms with Gasteiger partial charge in [0.15, 0.2) is 0 Å². The number of benzene rings is 1. The number of methoxy groups -OCH3 is 1. The van der Waals surface area contributed by atoms with E-state index in [2.05, 4.69) is 10.1 Å². The molecule has 48 heavy (non-hydrogen) atoms. The number of fused-ring (bicyclic) bond motifs is 4. The molecule has 0 saturated heterocycles. The summed E-state index contributed by atoms with van der Waals surface area (Å²) in [6.07, 6.45) is 7.10. The quantitative estimate of drug-likeness (QED) is 0.0933. The van der Waals surface area contributed by atoms with Crippen molar-refractivity contribution < 1.29 is 28.2 Å². The molecule has 1 aliphatic carbocycles. The van der Waals surface area contributed by atoms with Gasteiger partial charge < -0.3 is 40.8 Å². The van der Waals surface area contributed by atoms with Gasteiger partial charge in [-0.1, -0.05) is 20.3 Å². The van der Waals surface area contributed by atoms with Gasteiger partial charge >= 0.3 is 0 Å². The normalized spacial score (nSPS) is 12.7. The largest absolute Gasteiger partial charge is 0.380 e. The Labute approximate surface area is 281 Å². The maximum atomic E-state index is 14.5. The molecule has 2 aliphatic rings. The van der Waals surface area contributed by atoms with E-state index in [9.17, 15) is 23.6 Å². The van der Waals surface area contributed by atoms with E-state index >= 15 is 0 Å². The highest BCUT2D eigenvalue weighted by molar-refractivity contribution is 5.92. The number of hydrogen-bond donors (Lipinski definition) is 4. The predicted octanol–water partition coefficient (Wildman–Crippen LogP) is 2.58. The van der Waals surface area contributed by atoms with Gasteiger partial charge in [0.25, 0.3) is 5.56 Å². The number of carbonyl (C=O) groups is 3. The lowest BCUT2D eigenvalue weighted by molar-refractivity contribution is -0.122. The van der Waals surface area contributed by atoms with Crippen LogP contribution in [0.4, 0.5) is 4.39 Å². The molecule has 1 aliphatic heterocycles. The van der Waals surface area contributed by atoms with Crippen molar-refractivity contribution in [2.75, 3.05) is 34.0 Å². The molecule has 1 atom stereocenters. The summed E-state index contributed by atoms with van der Waals surface area (Å²) in [5.41, 5.74) is 22.4. The molecule has 3 heterocycles. The second-order valence-electron chi connectivity index (χ2n) is 11.3. The van der Waals surface area contributed by atoms with Gasteiger partial charge in [-0.25, -0.2) is 9.37 Å². The molecular weight excluding hydrogens is 619 g/mol. The van der Waals surface area contributed by atoms with E-state index in [0.29, 0.717) is 47.7 Å². The number of aromatic nitrogens is 2. The van der Waals surface area contributed by atoms with E-state index in [4.69, 9.17) is 26.9 Å². The van der Waals surface area contributed by atoms with Gasteiger partial charge in [-0.2, -0.15) is 0 Å². The van der Waals surface area contributed by atoms with Gasteiger partial charge in [-0.15, -0.1) is 0 Å². The number of unbranched alkanes of at least 4 members (excludes halogenated alkanes) is 1. The van der Waals surface area contributed by atoms with Crippen LogP contribution in [0.25, 0.3) is 22.3 Å². The van der Waals surface area contributed by atoms with Crippen LogP contribution in [0.5, 0.6) is 0 Å². The van der Waals surface area contributed by atoms with E-state index in [-0.39, 0.29) is 37.1 Å². The van der Waals surface area contributed by atoms with E-state index in [1.807, 2.05) is 26.8 Å². The Bertz CT molecular complexity index is 1610. The number of amides is 1. The number of pyridine rings is 2. The van der Waals surface area contributed by atoms with Crippen molar-refractivity contribution in [2.24, 2.45) is 17.2 Å². The molecule has 264 valence electrons. The minimum Gasteiger partial charge on any atom is -0.380 e. The summed E-state index contributed by atoms with van der Waals surface area (Å²) in [6.45, 7) is 7.48. The summed E-state index contributed by atoms with van der Waals surface area (Å²) < 4.78 is 26.1. The monoisotopic (exact) mass is 670 g/mol. The van der Waals surface area contributed by atoms with Crippen molar-refractivity contribution in [1.82, 2.24) is 14.9 Å². The summed E-state index contributed by atoms with van der Waals surface area (Å²) in [4.78, 5) is 49.0. The SMILES string of the molecule is CC.CNCOCC(N)=O.COCc1c(CC=O)cc2n(c1=O)Cc1c-2nc2cc(F)c(C)c3c2c1CCC3.NCCCCC(N)C=O. The lowest BCUT2D eigenvalue weighted by Crippen LogP contribution is -2.25. The fourth-order valence-electron chi connectivity index (χ4n) is 5.77. The van der Waals surface area contributed by atoms with Crippen LogP contribution in [0.1, 0.15) is 72.9 Å². The molecule has 7 N–H and O–H groups in total. The number of aldehydes is 2. The van der Waals surface area contributed by atoms with Crippen LogP contribution in [0.15, 0.2) is 16.9 Å². The van der Waals surface area contributed by atoms with E-state index < -0.39 is 5.91 Å². The Kier molecular flexibility index (Phi) is 17.2. The van der Waals surface area contributed by atoms with Crippen molar-refractivity contribution in [3.8, 4) is 11.4 Å². The molecule has 0 spiro atoms. The average Bonchev–Trinajstić information content (AvgIpc) is 3.45. The summed E-state index contributed by atoms with van der Waals surface area (Å²) >= 11 is 0. The molecule has 0 bridgehead atoms. The number of nitrogens with two attached hydrogens (primary N) is 3. The van der Waals surface area contributed by atoms with Crippen molar-refractivity contribution >= 4 is 29.4 Å². The minimum atomic E-state index is -0.444. The van der Waals surface area contributed by atoms with Crippen molar-refractivity contribution in [3.05, 3.63) is 61.7 Å². The Morgan fingerprint density at radius 1 is 1.17 bits per heavy atom. The average molecular weight is 671 g/mol. The van der Waals surface area contributed by atoms with Gasteiger partial charge in [-0.3, -0.25) is 14.9 Å². The zero-order valence-electron chi connectivity index (χ0n) is 28.8. The number of nitrogens with one attached hydrogen (secondary N) is 1. The van der Waals surface area contributed by atoms with Gasteiger partial charge in [0.2, 0.25) is 5.91 Å². The predicted molar refractivity (Wildman–Crippen MR) is 185 cm³/mol. The second kappa shape index (κ2) is 20.5. The first-order valence-corrected chi connectivity index (χ1v) is 16.4. The highest BCUT2D eigenvalue weighted by Crippen LogP contribution is 2.41. The fourth-order valence-corrected chi connectivity index (χ4v) is 5.77. The summed E-state index contributed by atoms with van der Waals surface area (Å²) in [5.74, 6) is -0.680. The van der Waals surface area contributed by atoms with Gasteiger partial charge in [-0.05, 0) is 80.9 Å². The third-order valence-electron chi connectivity index (χ3n) is 7.97. The molecular formula is C35H51FN6O6. The van der Waals surface area contributed by atoms with Crippen LogP contribution >= 0.6 is 0 Å². The van der Waals surface area contributed by atoms with Crippen LogP contribution in [0, 0.1) is 12.7 Å². The van der Waals surface area contributed by atoms with E-state index in [0.717, 1.165) is 73.3 Å². The molecule has 0 radical (unpaired) electrons. The molecule has 1 amide bonds. The Morgan fingerprint density at radius 3 is 2.48 bits per heavy atom.